The van der Waals surface area contributed by atoms with E-state index in [4.69, 9.17) is 9.15 Å². The molecule has 3 rings (SSSR count). The van der Waals surface area contributed by atoms with Gasteiger partial charge in [-0.05, 0) is 32.4 Å². The maximum absolute atomic E-state index is 12.6. The molecule has 0 aliphatic carbocycles. The Balaban J connectivity index is 1.76. The van der Waals surface area contributed by atoms with E-state index in [1.165, 1.54) is 6.39 Å². The van der Waals surface area contributed by atoms with Crippen molar-refractivity contribution in [2.75, 3.05) is 13.1 Å². The van der Waals surface area contributed by atoms with Crippen LogP contribution in [0.1, 0.15) is 29.6 Å². The zero-order chi connectivity index (χ0) is 16.4. The molecule has 6 nitrogen and oxygen atoms in total. The summed E-state index contributed by atoms with van der Waals surface area (Å²) in [6, 6.07) is 9.30. The van der Waals surface area contributed by atoms with E-state index in [0.717, 1.165) is 0 Å². The van der Waals surface area contributed by atoms with Gasteiger partial charge in [0.05, 0.1) is 6.54 Å². The molecule has 1 N–H and O–H groups in total. The van der Waals surface area contributed by atoms with Crippen molar-refractivity contribution in [3.8, 4) is 5.75 Å². The van der Waals surface area contributed by atoms with Crippen molar-refractivity contribution in [3.63, 3.8) is 0 Å². The number of oxazole rings is 1. The molecule has 2 heterocycles. The van der Waals surface area contributed by atoms with Crippen molar-refractivity contribution in [1.82, 2.24) is 9.88 Å². The minimum absolute atomic E-state index is 0.201. The maximum atomic E-state index is 12.6. The van der Waals surface area contributed by atoms with Crippen LogP contribution in [0.3, 0.4) is 0 Å². The summed E-state index contributed by atoms with van der Waals surface area (Å²) in [4.78, 5) is 18.2. The Labute approximate surface area is 134 Å². The van der Waals surface area contributed by atoms with Crippen LogP contribution in [-0.4, -0.2) is 45.7 Å². The first kappa shape index (κ1) is 15.6. The number of piperidine rings is 1. The number of carbonyl (C=O) groups is 1. The van der Waals surface area contributed by atoms with Crippen LogP contribution in [0.25, 0.3) is 0 Å². The zero-order valence-electron chi connectivity index (χ0n) is 13.2. The molecule has 6 heteroatoms. The second-order valence-corrected chi connectivity index (χ2v) is 6.04. The Morgan fingerprint density at radius 3 is 2.83 bits per heavy atom. The number of hydrogen-bond acceptors (Lipinski definition) is 5. The third-order valence-electron chi connectivity index (χ3n) is 4.22. The summed E-state index contributed by atoms with van der Waals surface area (Å²) in [5, 5.41) is 10.6. The monoisotopic (exact) mass is 316 g/mol. The largest absolute Gasteiger partial charge is 0.486 e. The summed E-state index contributed by atoms with van der Waals surface area (Å²) in [6.45, 7) is 4.20. The number of hydrogen-bond donors (Lipinski definition) is 1. The maximum Gasteiger partial charge on any atom is 0.276 e. The molecule has 1 aliphatic heterocycles. The molecule has 1 aromatic heterocycles. The fourth-order valence-corrected chi connectivity index (χ4v) is 2.68. The van der Waals surface area contributed by atoms with E-state index in [1.54, 1.807) is 18.7 Å². The highest BCUT2D eigenvalue weighted by atomic mass is 16.5. The van der Waals surface area contributed by atoms with Crippen LogP contribution < -0.4 is 4.74 Å². The van der Waals surface area contributed by atoms with Crippen molar-refractivity contribution in [2.24, 2.45) is 0 Å². The molecule has 23 heavy (non-hydrogen) atoms. The van der Waals surface area contributed by atoms with Crippen molar-refractivity contribution < 1.29 is 19.1 Å². The lowest BCUT2D eigenvalue weighted by molar-refractivity contribution is -0.0882. The summed E-state index contributed by atoms with van der Waals surface area (Å²) in [5.41, 5.74) is -0.684. The SMILES string of the molecule is Cc1ocnc1C(=O)N1CC[C@@](C)(O)[C@H](Oc2ccccc2)C1. The van der Waals surface area contributed by atoms with E-state index in [2.05, 4.69) is 4.98 Å². The van der Waals surface area contributed by atoms with E-state index < -0.39 is 11.7 Å². The zero-order valence-corrected chi connectivity index (χ0v) is 13.2. The summed E-state index contributed by atoms with van der Waals surface area (Å²) in [6.07, 6.45) is 1.20. The molecular formula is C17H20N2O4. The smallest absolute Gasteiger partial charge is 0.276 e. The normalized spacial score (nSPS) is 24.5. The number of amides is 1. The van der Waals surface area contributed by atoms with Crippen LogP contribution in [0, 0.1) is 6.92 Å². The predicted octanol–water partition coefficient (Wildman–Crippen LogP) is 2.03. The number of ether oxygens (including phenoxy) is 1. The van der Waals surface area contributed by atoms with Gasteiger partial charge in [0.25, 0.3) is 5.91 Å². The van der Waals surface area contributed by atoms with Gasteiger partial charge in [0.2, 0.25) is 0 Å². The van der Waals surface area contributed by atoms with Crippen molar-refractivity contribution in [2.45, 2.75) is 32.0 Å². The lowest BCUT2D eigenvalue weighted by atomic mass is 9.90. The number of aryl methyl sites for hydroxylation is 1. The van der Waals surface area contributed by atoms with Gasteiger partial charge in [-0.3, -0.25) is 4.79 Å². The number of benzene rings is 1. The summed E-state index contributed by atoms with van der Waals surface area (Å²) >= 11 is 0. The molecule has 1 saturated heterocycles. The minimum atomic E-state index is -0.995. The predicted molar refractivity (Wildman–Crippen MR) is 83.2 cm³/mol. The van der Waals surface area contributed by atoms with Crippen LogP contribution in [0.15, 0.2) is 41.1 Å². The molecule has 2 atom stereocenters. The van der Waals surface area contributed by atoms with Gasteiger partial charge in [0.1, 0.15) is 23.2 Å². The standard InChI is InChI=1S/C17H20N2O4/c1-12-15(18-11-22-12)16(20)19-9-8-17(2,21)14(10-19)23-13-6-4-3-5-7-13/h3-7,11,14,21H,8-10H2,1-2H3/t14-,17-/m1/s1. The molecule has 0 spiro atoms. The third kappa shape index (κ3) is 3.22. The van der Waals surface area contributed by atoms with E-state index in [9.17, 15) is 9.90 Å². The number of para-hydroxylation sites is 1. The number of aromatic nitrogens is 1. The summed E-state index contributed by atoms with van der Waals surface area (Å²) < 4.78 is 11.0. The Bertz CT molecular complexity index is 681. The Morgan fingerprint density at radius 2 is 2.17 bits per heavy atom. The Kier molecular flexibility index (Phi) is 4.09. The number of carbonyl (C=O) groups excluding carboxylic acids is 1. The molecule has 1 aromatic carbocycles. The molecule has 1 amide bonds. The van der Waals surface area contributed by atoms with Crippen LogP contribution in [0.4, 0.5) is 0 Å². The van der Waals surface area contributed by atoms with Gasteiger partial charge in [0, 0.05) is 6.54 Å². The second-order valence-electron chi connectivity index (χ2n) is 6.04. The average Bonchev–Trinajstić information content (AvgIpc) is 2.96. The lowest BCUT2D eigenvalue weighted by Gasteiger charge is -2.42. The molecule has 1 aliphatic rings. The van der Waals surface area contributed by atoms with Crippen LogP contribution >= 0.6 is 0 Å². The van der Waals surface area contributed by atoms with E-state index in [0.29, 0.717) is 36.7 Å². The Morgan fingerprint density at radius 1 is 1.43 bits per heavy atom. The number of rotatable bonds is 3. The molecule has 0 bridgehead atoms. The Hall–Kier alpha value is -2.34. The fraction of sp³-hybridized carbons (Fsp3) is 0.412. The van der Waals surface area contributed by atoms with Crippen molar-refractivity contribution in [1.29, 1.82) is 0 Å². The first-order chi connectivity index (χ1) is 11.0. The van der Waals surface area contributed by atoms with Crippen LogP contribution in [0.5, 0.6) is 5.75 Å². The first-order valence-electron chi connectivity index (χ1n) is 7.61. The molecule has 1 fully saturated rings. The number of aliphatic hydroxyl groups is 1. The van der Waals surface area contributed by atoms with Gasteiger partial charge in [-0.1, -0.05) is 18.2 Å². The van der Waals surface area contributed by atoms with Gasteiger partial charge in [-0.15, -0.1) is 0 Å². The lowest BCUT2D eigenvalue weighted by Crippen LogP contribution is -2.57. The molecular weight excluding hydrogens is 296 g/mol. The van der Waals surface area contributed by atoms with E-state index in [1.807, 2.05) is 30.3 Å². The molecule has 0 radical (unpaired) electrons. The van der Waals surface area contributed by atoms with Gasteiger partial charge in [0.15, 0.2) is 12.1 Å². The van der Waals surface area contributed by atoms with Crippen LogP contribution in [-0.2, 0) is 0 Å². The number of likely N-dealkylation sites (tertiary alicyclic amines) is 1. The third-order valence-corrected chi connectivity index (χ3v) is 4.22. The quantitative estimate of drug-likeness (QED) is 0.937. The average molecular weight is 316 g/mol. The summed E-state index contributed by atoms with van der Waals surface area (Å²) in [5.74, 6) is 0.964. The highest BCUT2D eigenvalue weighted by Crippen LogP contribution is 2.27. The van der Waals surface area contributed by atoms with Crippen molar-refractivity contribution >= 4 is 5.91 Å². The van der Waals surface area contributed by atoms with E-state index >= 15 is 0 Å². The van der Waals surface area contributed by atoms with E-state index in [-0.39, 0.29) is 5.91 Å². The summed E-state index contributed by atoms with van der Waals surface area (Å²) in [7, 11) is 0. The second kappa shape index (κ2) is 6.04. The van der Waals surface area contributed by atoms with Gasteiger partial charge in [-0.2, -0.15) is 0 Å². The molecule has 0 unspecified atom stereocenters. The fourth-order valence-electron chi connectivity index (χ4n) is 2.68. The van der Waals surface area contributed by atoms with Crippen LogP contribution in [0.2, 0.25) is 0 Å². The highest BCUT2D eigenvalue weighted by molar-refractivity contribution is 5.93. The van der Waals surface area contributed by atoms with Gasteiger partial charge in [-0.25, -0.2) is 4.98 Å². The first-order valence-corrected chi connectivity index (χ1v) is 7.61. The molecule has 122 valence electrons. The van der Waals surface area contributed by atoms with Gasteiger partial charge < -0.3 is 19.2 Å². The van der Waals surface area contributed by atoms with Crippen molar-refractivity contribution in [3.05, 3.63) is 48.2 Å². The highest BCUT2D eigenvalue weighted by Gasteiger charge is 2.41. The molecule has 0 saturated carbocycles. The van der Waals surface area contributed by atoms with Gasteiger partial charge >= 0.3 is 0 Å². The minimum Gasteiger partial charge on any atom is -0.486 e. The topological polar surface area (TPSA) is 75.8 Å². The number of nitrogens with zero attached hydrogens (tertiary/aromatic N) is 2. The molecule has 2 aromatic rings.